The lowest BCUT2D eigenvalue weighted by Crippen LogP contribution is -2.55. The quantitative estimate of drug-likeness (QED) is 0.538. The number of primary amides is 1. The Bertz CT molecular complexity index is 998. The zero-order valence-electron chi connectivity index (χ0n) is 21.0. The van der Waals surface area contributed by atoms with Gasteiger partial charge in [-0.1, -0.05) is 82.3 Å². The van der Waals surface area contributed by atoms with Crippen LogP contribution in [-0.4, -0.2) is 30.5 Å². The summed E-state index contributed by atoms with van der Waals surface area (Å²) in [7, 11) is 0. The van der Waals surface area contributed by atoms with Crippen molar-refractivity contribution in [3.63, 3.8) is 0 Å². The van der Waals surface area contributed by atoms with Gasteiger partial charge in [0.15, 0.2) is 0 Å². The van der Waals surface area contributed by atoms with Crippen LogP contribution in [0.25, 0.3) is 0 Å². The third-order valence-corrected chi connectivity index (χ3v) is 7.45. The van der Waals surface area contributed by atoms with Crippen molar-refractivity contribution in [3.05, 3.63) is 59.7 Å². The van der Waals surface area contributed by atoms with E-state index in [-0.39, 0.29) is 12.5 Å². The third kappa shape index (κ3) is 6.43. The number of para-hydroxylation sites is 2. The van der Waals surface area contributed by atoms with E-state index < -0.39 is 18.0 Å². The van der Waals surface area contributed by atoms with E-state index in [1.807, 2.05) is 24.3 Å². The molecule has 0 aromatic heterocycles. The number of carbonyl (C=O) groups is 2. The summed E-state index contributed by atoms with van der Waals surface area (Å²) in [6.07, 6.45) is 7.87. The largest absolute Gasteiger partial charge is 0.489 e. The average molecular weight is 478 g/mol. The van der Waals surface area contributed by atoms with E-state index in [4.69, 9.17) is 10.5 Å². The van der Waals surface area contributed by atoms with Crippen LogP contribution < -0.4 is 20.7 Å². The first-order valence-electron chi connectivity index (χ1n) is 13.1. The van der Waals surface area contributed by atoms with Crippen molar-refractivity contribution in [2.45, 2.75) is 83.3 Å². The van der Waals surface area contributed by atoms with Gasteiger partial charge in [-0.15, -0.1) is 0 Å². The van der Waals surface area contributed by atoms with Crippen LogP contribution in [0, 0.1) is 5.92 Å². The van der Waals surface area contributed by atoms with Gasteiger partial charge in [-0.25, -0.2) is 0 Å². The zero-order valence-corrected chi connectivity index (χ0v) is 21.0. The van der Waals surface area contributed by atoms with Crippen LogP contribution in [0.5, 0.6) is 5.75 Å². The third-order valence-electron chi connectivity index (χ3n) is 7.45. The highest BCUT2D eigenvalue weighted by atomic mass is 16.5. The molecule has 0 radical (unpaired) electrons. The average Bonchev–Trinajstić information content (AvgIpc) is 2.99. The monoisotopic (exact) mass is 477 g/mol. The summed E-state index contributed by atoms with van der Waals surface area (Å²) in [6.45, 7) is 4.92. The minimum absolute atomic E-state index is 0.105. The molecule has 0 spiro atoms. The predicted molar refractivity (Wildman–Crippen MR) is 139 cm³/mol. The maximum atomic E-state index is 13.8. The molecule has 1 aliphatic heterocycles. The zero-order chi connectivity index (χ0) is 24.8. The van der Waals surface area contributed by atoms with Crippen molar-refractivity contribution in [1.82, 2.24) is 5.32 Å². The van der Waals surface area contributed by atoms with Crippen LogP contribution in [0.4, 0.5) is 5.69 Å². The Labute approximate surface area is 209 Å². The molecule has 1 fully saturated rings. The first-order valence-corrected chi connectivity index (χ1v) is 13.1. The van der Waals surface area contributed by atoms with Gasteiger partial charge >= 0.3 is 0 Å². The standard InChI is InChI=1S/C29H39N3O3/c1-20(2)23-15-12-22(13-16-23)18-32-26-10-6-7-11-27(26)35-19-25(29(32)34)31-24(28(30)33)17-14-21-8-4-3-5-9-21/h6-7,10-13,15-16,20-21,24-25,31H,3-5,8-9,14,17-19H2,1-2H3,(H2,30,33)/t24-,25-/m0/s1. The maximum Gasteiger partial charge on any atom is 0.248 e. The van der Waals surface area contributed by atoms with Gasteiger partial charge in [0.05, 0.1) is 18.3 Å². The minimum atomic E-state index is -0.652. The molecule has 1 aliphatic carbocycles. The number of amides is 2. The van der Waals surface area contributed by atoms with Gasteiger partial charge < -0.3 is 15.4 Å². The maximum absolute atomic E-state index is 13.8. The number of hydrogen-bond acceptors (Lipinski definition) is 4. The molecule has 4 rings (SSSR count). The molecule has 2 atom stereocenters. The number of rotatable bonds is 9. The lowest BCUT2D eigenvalue weighted by molar-refractivity contribution is -0.123. The number of benzene rings is 2. The molecule has 1 saturated carbocycles. The molecule has 6 heteroatoms. The molecule has 1 heterocycles. The molecule has 188 valence electrons. The van der Waals surface area contributed by atoms with Crippen LogP contribution in [0.2, 0.25) is 0 Å². The number of nitrogens with one attached hydrogen (secondary N) is 1. The smallest absolute Gasteiger partial charge is 0.248 e. The summed E-state index contributed by atoms with van der Waals surface area (Å²) in [5.41, 5.74) is 8.82. The van der Waals surface area contributed by atoms with Gasteiger partial charge in [-0.3, -0.25) is 14.9 Å². The number of nitrogens with two attached hydrogens (primary N) is 1. The molecule has 6 nitrogen and oxygen atoms in total. The van der Waals surface area contributed by atoms with Crippen LogP contribution >= 0.6 is 0 Å². The lowest BCUT2D eigenvalue weighted by Gasteiger charge is -2.28. The van der Waals surface area contributed by atoms with Crippen LogP contribution in [0.1, 0.15) is 75.8 Å². The second-order valence-corrected chi connectivity index (χ2v) is 10.4. The highest BCUT2D eigenvalue weighted by molar-refractivity contribution is 5.99. The highest BCUT2D eigenvalue weighted by Crippen LogP contribution is 2.33. The van der Waals surface area contributed by atoms with Crippen molar-refractivity contribution < 1.29 is 14.3 Å². The number of nitrogens with zero attached hydrogens (tertiary/aromatic N) is 1. The normalized spacial score (nSPS) is 19.7. The lowest BCUT2D eigenvalue weighted by atomic mass is 9.85. The summed E-state index contributed by atoms with van der Waals surface area (Å²) in [5, 5.41) is 3.27. The molecule has 35 heavy (non-hydrogen) atoms. The minimum Gasteiger partial charge on any atom is -0.489 e. The van der Waals surface area contributed by atoms with Gasteiger partial charge in [0.1, 0.15) is 18.4 Å². The Morgan fingerprint density at radius 2 is 1.80 bits per heavy atom. The molecular formula is C29H39N3O3. The first-order chi connectivity index (χ1) is 16.9. The Kier molecular flexibility index (Phi) is 8.45. The fourth-order valence-electron chi connectivity index (χ4n) is 5.26. The Hall–Kier alpha value is -2.86. The van der Waals surface area contributed by atoms with E-state index in [0.717, 1.165) is 17.7 Å². The Morgan fingerprint density at radius 1 is 1.09 bits per heavy atom. The SMILES string of the molecule is CC(C)c1ccc(CN2C(=O)[C@@H](N[C@@H](CCC3CCCCC3)C(N)=O)COc3ccccc32)cc1. The van der Waals surface area contributed by atoms with Crippen LogP contribution in [0.15, 0.2) is 48.5 Å². The van der Waals surface area contributed by atoms with Crippen LogP contribution in [-0.2, 0) is 16.1 Å². The van der Waals surface area contributed by atoms with Gasteiger partial charge in [0.25, 0.3) is 0 Å². The van der Waals surface area contributed by atoms with E-state index in [0.29, 0.717) is 30.6 Å². The first kappa shape index (κ1) is 25.2. The number of anilines is 1. The Balaban J connectivity index is 1.51. The van der Waals surface area contributed by atoms with E-state index >= 15 is 0 Å². The van der Waals surface area contributed by atoms with Crippen molar-refractivity contribution in [2.75, 3.05) is 11.5 Å². The fourth-order valence-corrected chi connectivity index (χ4v) is 5.26. The van der Waals surface area contributed by atoms with Gasteiger partial charge in [-0.2, -0.15) is 0 Å². The molecule has 2 aliphatic rings. The van der Waals surface area contributed by atoms with E-state index in [1.54, 1.807) is 4.90 Å². The summed E-state index contributed by atoms with van der Waals surface area (Å²) < 4.78 is 6.05. The molecule has 3 N–H and O–H groups in total. The molecule has 0 saturated heterocycles. The topological polar surface area (TPSA) is 84.7 Å². The summed E-state index contributed by atoms with van der Waals surface area (Å²) in [6, 6.07) is 14.8. The van der Waals surface area contributed by atoms with Crippen molar-refractivity contribution in [3.8, 4) is 5.75 Å². The fraction of sp³-hybridized carbons (Fsp3) is 0.517. The van der Waals surface area contributed by atoms with Gasteiger partial charge in [0.2, 0.25) is 11.8 Å². The molecule has 2 amide bonds. The van der Waals surface area contributed by atoms with Crippen molar-refractivity contribution >= 4 is 17.5 Å². The predicted octanol–water partition coefficient (Wildman–Crippen LogP) is 4.91. The number of fused-ring (bicyclic) bond motifs is 1. The van der Waals surface area contributed by atoms with Crippen LogP contribution in [0.3, 0.4) is 0 Å². The molecular weight excluding hydrogens is 438 g/mol. The number of ether oxygens (including phenoxy) is 1. The molecule has 2 aromatic carbocycles. The van der Waals surface area contributed by atoms with E-state index in [2.05, 4.69) is 43.4 Å². The molecule has 0 bridgehead atoms. The van der Waals surface area contributed by atoms with Crippen molar-refractivity contribution in [1.29, 1.82) is 0 Å². The number of carbonyl (C=O) groups excluding carboxylic acids is 2. The highest BCUT2D eigenvalue weighted by Gasteiger charge is 2.34. The van der Waals surface area contributed by atoms with E-state index in [9.17, 15) is 9.59 Å². The van der Waals surface area contributed by atoms with Gasteiger partial charge in [0, 0.05) is 0 Å². The second-order valence-electron chi connectivity index (χ2n) is 10.4. The Morgan fingerprint density at radius 3 is 2.49 bits per heavy atom. The number of hydrogen-bond donors (Lipinski definition) is 2. The molecule has 2 aromatic rings. The summed E-state index contributed by atoms with van der Waals surface area (Å²) >= 11 is 0. The molecule has 0 unspecified atom stereocenters. The summed E-state index contributed by atoms with van der Waals surface area (Å²) in [5.74, 6) is 1.24. The summed E-state index contributed by atoms with van der Waals surface area (Å²) in [4.78, 5) is 27.9. The second kappa shape index (κ2) is 11.7. The van der Waals surface area contributed by atoms with Gasteiger partial charge in [-0.05, 0) is 47.9 Å². The van der Waals surface area contributed by atoms with Crippen molar-refractivity contribution in [2.24, 2.45) is 11.7 Å². The van der Waals surface area contributed by atoms with E-state index in [1.165, 1.54) is 37.7 Å².